The number of amides is 4. The van der Waals surface area contributed by atoms with Crippen molar-refractivity contribution in [2.75, 3.05) is 0 Å². The second-order valence-electron chi connectivity index (χ2n) is 4.43. The number of barbiturate groups is 1. The molecule has 1 unspecified atom stereocenters. The van der Waals surface area contributed by atoms with Crippen molar-refractivity contribution in [2.24, 2.45) is 5.92 Å². The van der Waals surface area contributed by atoms with E-state index in [1.165, 1.54) is 4.90 Å². The van der Waals surface area contributed by atoms with Gasteiger partial charge in [-0.25, -0.2) is 4.79 Å². The molecular formula is C10H14N2O3. The Balaban J connectivity index is 2.27. The number of nitrogens with zero attached hydrogens (tertiary/aromatic N) is 1. The number of hydrogen-bond donors (Lipinski definition) is 1. The van der Waals surface area contributed by atoms with E-state index in [1.54, 1.807) is 6.92 Å². The van der Waals surface area contributed by atoms with Gasteiger partial charge in [0.15, 0.2) is 0 Å². The summed E-state index contributed by atoms with van der Waals surface area (Å²) in [5, 5.41) is 2.23. The first-order valence-corrected chi connectivity index (χ1v) is 5.18. The monoisotopic (exact) mass is 210 g/mol. The summed E-state index contributed by atoms with van der Waals surface area (Å²) in [6, 6.07) is -0.560. The fourth-order valence-corrected chi connectivity index (χ4v) is 1.89. The highest BCUT2D eigenvalue weighted by molar-refractivity contribution is 6.16. The van der Waals surface area contributed by atoms with Gasteiger partial charge in [0, 0.05) is 5.54 Å². The molecule has 2 fully saturated rings. The molecule has 1 aliphatic heterocycles. The smallest absolute Gasteiger partial charge is 0.277 e. The molecule has 2 aliphatic rings. The summed E-state index contributed by atoms with van der Waals surface area (Å²) in [6.07, 6.45) is 2.10. The number of carbonyl (C=O) groups is 3. The van der Waals surface area contributed by atoms with Crippen LogP contribution in [0, 0.1) is 5.92 Å². The van der Waals surface area contributed by atoms with E-state index in [9.17, 15) is 14.4 Å². The molecule has 0 aromatic rings. The fraction of sp³-hybridized carbons (Fsp3) is 0.700. The normalized spacial score (nSPS) is 29.1. The van der Waals surface area contributed by atoms with Crippen LogP contribution in [0.15, 0.2) is 0 Å². The van der Waals surface area contributed by atoms with Gasteiger partial charge in [0.1, 0.15) is 5.92 Å². The Bertz CT molecular complexity index is 347. The molecule has 15 heavy (non-hydrogen) atoms. The topological polar surface area (TPSA) is 66.5 Å². The van der Waals surface area contributed by atoms with E-state index < -0.39 is 17.9 Å². The minimum absolute atomic E-state index is 0.341. The number of rotatable bonds is 2. The summed E-state index contributed by atoms with van der Waals surface area (Å²) in [5.74, 6) is -1.50. The SMILES string of the molecule is CCC1C(=O)NC(=O)N(C2(C)CC2)C1=O. The number of hydrogen-bond acceptors (Lipinski definition) is 3. The summed E-state index contributed by atoms with van der Waals surface area (Å²) in [5.41, 5.74) is -0.352. The van der Waals surface area contributed by atoms with Crippen LogP contribution in [-0.4, -0.2) is 28.3 Å². The van der Waals surface area contributed by atoms with Gasteiger partial charge in [-0.1, -0.05) is 6.92 Å². The minimum Gasteiger partial charge on any atom is -0.277 e. The molecule has 1 aliphatic carbocycles. The molecule has 0 bridgehead atoms. The average molecular weight is 210 g/mol. The highest BCUT2D eigenvalue weighted by Crippen LogP contribution is 2.42. The lowest BCUT2D eigenvalue weighted by atomic mass is 10.0. The molecule has 1 saturated carbocycles. The molecule has 1 N–H and O–H groups in total. The van der Waals surface area contributed by atoms with Crippen LogP contribution in [0.5, 0.6) is 0 Å². The van der Waals surface area contributed by atoms with Crippen LogP contribution in [-0.2, 0) is 9.59 Å². The van der Waals surface area contributed by atoms with Crippen molar-refractivity contribution in [3.8, 4) is 0 Å². The first kappa shape index (κ1) is 10.1. The van der Waals surface area contributed by atoms with Crippen molar-refractivity contribution in [3.05, 3.63) is 0 Å². The molecular weight excluding hydrogens is 196 g/mol. The van der Waals surface area contributed by atoms with E-state index in [4.69, 9.17) is 0 Å². The molecule has 1 atom stereocenters. The van der Waals surface area contributed by atoms with Crippen molar-refractivity contribution < 1.29 is 14.4 Å². The van der Waals surface area contributed by atoms with Gasteiger partial charge in [-0.15, -0.1) is 0 Å². The van der Waals surface area contributed by atoms with Gasteiger partial charge in [0.05, 0.1) is 0 Å². The summed E-state index contributed by atoms with van der Waals surface area (Å²) < 4.78 is 0. The first-order chi connectivity index (χ1) is 6.99. The zero-order valence-electron chi connectivity index (χ0n) is 8.87. The summed E-state index contributed by atoms with van der Waals surface area (Å²) in [6.45, 7) is 3.64. The Morgan fingerprint density at radius 1 is 1.40 bits per heavy atom. The Morgan fingerprint density at radius 2 is 2.00 bits per heavy atom. The van der Waals surface area contributed by atoms with Gasteiger partial charge in [-0.2, -0.15) is 0 Å². The van der Waals surface area contributed by atoms with Crippen molar-refractivity contribution in [1.82, 2.24) is 10.2 Å². The second kappa shape index (κ2) is 3.05. The van der Waals surface area contributed by atoms with Crippen LogP contribution in [0.25, 0.3) is 0 Å². The summed E-state index contributed by atoms with van der Waals surface area (Å²) in [7, 11) is 0. The van der Waals surface area contributed by atoms with Crippen molar-refractivity contribution in [2.45, 2.75) is 38.6 Å². The lowest BCUT2D eigenvalue weighted by molar-refractivity contribution is -0.144. The third-order valence-corrected chi connectivity index (χ3v) is 3.19. The molecule has 1 heterocycles. The van der Waals surface area contributed by atoms with E-state index >= 15 is 0 Å². The molecule has 5 heteroatoms. The van der Waals surface area contributed by atoms with Gasteiger partial charge in [-0.3, -0.25) is 19.8 Å². The highest BCUT2D eigenvalue weighted by atomic mass is 16.2. The molecule has 2 rings (SSSR count). The first-order valence-electron chi connectivity index (χ1n) is 5.18. The maximum Gasteiger partial charge on any atom is 0.331 e. The lowest BCUT2D eigenvalue weighted by Crippen LogP contribution is -2.61. The largest absolute Gasteiger partial charge is 0.331 e. The molecule has 1 saturated heterocycles. The molecule has 0 aromatic carbocycles. The molecule has 82 valence electrons. The third-order valence-electron chi connectivity index (χ3n) is 3.19. The summed E-state index contributed by atoms with van der Waals surface area (Å²) in [4.78, 5) is 36.0. The maximum absolute atomic E-state index is 11.9. The summed E-state index contributed by atoms with van der Waals surface area (Å²) >= 11 is 0. The van der Waals surface area contributed by atoms with Crippen LogP contribution in [0.4, 0.5) is 4.79 Å². The molecule has 0 aromatic heterocycles. The predicted molar refractivity (Wildman–Crippen MR) is 51.8 cm³/mol. The standard InChI is InChI=1S/C10H14N2O3/c1-3-6-7(13)11-9(15)12(8(6)14)10(2)4-5-10/h6H,3-5H2,1-2H3,(H,11,13,15). The number of urea groups is 1. The highest BCUT2D eigenvalue weighted by Gasteiger charge is 2.53. The zero-order valence-corrected chi connectivity index (χ0v) is 8.87. The fourth-order valence-electron chi connectivity index (χ4n) is 1.89. The Hall–Kier alpha value is -1.39. The van der Waals surface area contributed by atoms with Gasteiger partial charge in [0.2, 0.25) is 11.8 Å². The van der Waals surface area contributed by atoms with Crippen LogP contribution in [0.3, 0.4) is 0 Å². The van der Waals surface area contributed by atoms with E-state index in [1.807, 2.05) is 6.92 Å². The lowest BCUT2D eigenvalue weighted by Gasteiger charge is -2.34. The molecule has 0 spiro atoms. The van der Waals surface area contributed by atoms with Gasteiger partial charge in [-0.05, 0) is 26.2 Å². The van der Waals surface area contributed by atoms with Crippen LogP contribution in [0.1, 0.15) is 33.1 Å². The Kier molecular flexibility index (Phi) is 2.06. The Morgan fingerprint density at radius 3 is 2.47 bits per heavy atom. The quantitative estimate of drug-likeness (QED) is 0.680. The van der Waals surface area contributed by atoms with Crippen molar-refractivity contribution in [3.63, 3.8) is 0 Å². The van der Waals surface area contributed by atoms with E-state index in [0.29, 0.717) is 6.42 Å². The number of nitrogens with one attached hydrogen (secondary N) is 1. The number of carbonyl (C=O) groups excluding carboxylic acids is 3. The van der Waals surface area contributed by atoms with Gasteiger partial charge < -0.3 is 0 Å². The molecule has 4 amide bonds. The predicted octanol–water partition coefficient (Wildman–Crippen LogP) is 0.643. The van der Waals surface area contributed by atoms with Crippen LogP contribution < -0.4 is 5.32 Å². The van der Waals surface area contributed by atoms with E-state index in [-0.39, 0.29) is 11.4 Å². The molecule has 0 radical (unpaired) electrons. The second-order valence-corrected chi connectivity index (χ2v) is 4.43. The Labute approximate surface area is 87.8 Å². The maximum atomic E-state index is 11.9. The average Bonchev–Trinajstić information content (AvgIpc) is 2.83. The third kappa shape index (κ3) is 1.42. The van der Waals surface area contributed by atoms with E-state index in [2.05, 4.69) is 5.32 Å². The van der Waals surface area contributed by atoms with Crippen molar-refractivity contribution >= 4 is 17.8 Å². The van der Waals surface area contributed by atoms with E-state index in [0.717, 1.165) is 12.8 Å². The molecule has 5 nitrogen and oxygen atoms in total. The van der Waals surface area contributed by atoms with Crippen LogP contribution >= 0.6 is 0 Å². The van der Waals surface area contributed by atoms with Gasteiger partial charge >= 0.3 is 6.03 Å². The van der Waals surface area contributed by atoms with Crippen molar-refractivity contribution in [1.29, 1.82) is 0 Å². The van der Waals surface area contributed by atoms with Crippen LogP contribution in [0.2, 0.25) is 0 Å². The van der Waals surface area contributed by atoms with Gasteiger partial charge in [0.25, 0.3) is 0 Å². The minimum atomic E-state index is -0.694. The number of imide groups is 2. The zero-order chi connectivity index (χ0) is 11.2.